The lowest BCUT2D eigenvalue weighted by atomic mass is 10.1. The van der Waals surface area contributed by atoms with Crippen LogP contribution in [-0.2, 0) is 11.2 Å². The summed E-state index contributed by atoms with van der Waals surface area (Å²) in [4.78, 5) is 16.6. The van der Waals surface area contributed by atoms with Gasteiger partial charge >= 0.3 is 0 Å². The van der Waals surface area contributed by atoms with E-state index >= 15 is 0 Å². The van der Waals surface area contributed by atoms with Crippen molar-refractivity contribution in [3.63, 3.8) is 0 Å². The van der Waals surface area contributed by atoms with E-state index in [1.807, 2.05) is 56.3 Å². The van der Waals surface area contributed by atoms with Gasteiger partial charge in [-0.25, -0.2) is 4.98 Å². The van der Waals surface area contributed by atoms with Crippen LogP contribution in [0, 0.1) is 0 Å². The summed E-state index contributed by atoms with van der Waals surface area (Å²) in [5, 5.41) is 2.97. The van der Waals surface area contributed by atoms with Gasteiger partial charge in [0.2, 0.25) is 5.91 Å². The number of hydrogen-bond acceptors (Lipinski definition) is 5. The molecule has 0 unspecified atom stereocenters. The molecule has 0 fully saturated rings. The van der Waals surface area contributed by atoms with Crippen LogP contribution in [0.3, 0.4) is 0 Å². The number of hydrogen-bond donors (Lipinski definition) is 1. The zero-order chi connectivity index (χ0) is 18.4. The second kappa shape index (κ2) is 9.05. The van der Waals surface area contributed by atoms with Gasteiger partial charge in [-0.05, 0) is 50.1 Å². The van der Waals surface area contributed by atoms with Crippen molar-refractivity contribution in [2.75, 3.05) is 12.3 Å². The SMILES string of the molecule is CC(C)Oc1ccc(CCNC(=O)CSc2nc3ccccc3s2)cc1. The van der Waals surface area contributed by atoms with Crippen LogP contribution in [0.2, 0.25) is 0 Å². The number of benzene rings is 2. The van der Waals surface area contributed by atoms with Crippen molar-refractivity contribution in [3.8, 4) is 5.75 Å². The van der Waals surface area contributed by atoms with Gasteiger partial charge in [0.05, 0.1) is 22.1 Å². The Kier molecular flexibility index (Phi) is 6.52. The topological polar surface area (TPSA) is 51.2 Å². The Balaban J connectivity index is 1.40. The highest BCUT2D eigenvalue weighted by atomic mass is 32.2. The first-order valence-corrected chi connectivity index (χ1v) is 10.4. The summed E-state index contributed by atoms with van der Waals surface area (Å²) in [5.74, 6) is 1.30. The lowest BCUT2D eigenvalue weighted by Gasteiger charge is -2.10. The molecular weight excluding hydrogens is 364 g/mol. The Bertz CT molecular complexity index is 827. The molecule has 0 saturated carbocycles. The van der Waals surface area contributed by atoms with E-state index in [0.29, 0.717) is 12.3 Å². The van der Waals surface area contributed by atoms with Crippen LogP contribution in [0.15, 0.2) is 52.9 Å². The molecule has 2 aromatic carbocycles. The van der Waals surface area contributed by atoms with E-state index in [0.717, 1.165) is 26.7 Å². The maximum absolute atomic E-state index is 12.0. The van der Waals surface area contributed by atoms with E-state index in [2.05, 4.69) is 16.4 Å². The largest absolute Gasteiger partial charge is 0.491 e. The van der Waals surface area contributed by atoms with Crippen LogP contribution in [0.4, 0.5) is 0 Å². The summed E-state index contributed by atoms with van der Waals surface area (Å²) in [5.41, 5.74) is 2.17. The maximum Gasteiger partial charge on any atom is 0.230 e. The van der Waals surface area contributed by atoms with E-state index in [1.165, 1.54) is 17.3 Å². The average molecular weight is 387 g/mol. The fourth-order valence-corrected chi connectivity index (χ4v) is 4.34. The van der Waals surface area contributed by atoms with Crippen LogP contribution >= 0.6 is 23.1 Å². The van der Waals surface area contributed by atoms with Crippen molar-refractivity contribution < 1.29 is 9.53 Å². The summed E-state index contributed by atoms with van der Waals surface area (Å²) in [7, 11) is 0. The van der Waals surface area contributed by atoms with Gasteiger partial charge in [-0.15, -0.1) is 11.3 Å². The van der Waals surface area contributed by atoms with Gasteiger partial charge in [-0.1, -0.05) is 36.0 Å². The number of carbonyl (C=O) groups is 1. The van der Waals surface area contributed by atoms with Crippen LogP contribution in [0.25, 0.3) is 10.2 Å². The number of nitrogens with zero attached hydrogens (tertiary/aromatic N) is 1. The number of para-hydroxylation sites is 1. The van der Waals surface area contributed by atoms with E-state index < -0.39 is 0 Å². The number of thiazole rings is 1. The van der Waals surface area contributed by atoms with Crippen molar-refractivity contribution in [1.29, 1.82) is 0 Å². The molecular formula is C20H22N2O2S2. The number of carbonyl (C=O) groups excluding carboxylic acids is 1. The van der Waals surface area contributed by atoms with Gasteiger partial charge in [0, 0.05) is 6.54 Å². The molecule has 6 heteroatoms. The minimum absolute atomic E-state index is 0.0361. The predicted molar refractivity (Wildman–Crippen MR) is 109 cm³/mol. The summed E-state index contributed by atoms with van der Waals surface area (Å²) < 4.78 is 7.72. The van der Waals surface area contributed by atoms with Gasteiger partial charge in [0.15, 0.2) is 4.34 Å². The Morgan fingerprint density at radius 1 is 1.19 bits per heavy atom. The normalized spacial score (nSPS) is 11.0. The summed E-state index contributed by atoms with van der Waals surface area (Å²) >= 11 is 3.11. The van der Waals surface area contributed by atoms with Crippen LogP contribution < -0.4 is 10.1 Å². The molecule has 3 rings (SSSR count). The standard InChI is InChI=1S/C20H22N2O2S2/c1-14(2)24-16-9-7-15(8-10-16)11-12-21-19(23)13-25-20-22-17-5-3-4-6-18(17)26-20/h3-10,14H,11-13H2,1-2H3,(H,21,23). The van der Waals surface area contributed by atoms with E-state index in [4.69, 9.17) is 4.74 Å². The first-order valence-electron chi connectivity index (χ1n) is 8.61. The van der Waals surface area contributed by atoms with E-state index in [1.54, 1.807) is 11.3 Å². The molecule has 4 nitrogen and oxygen atoms in total. The smallest absolute Gasteiger partial charge is 0.230 e. The highest BCUT2D eigenvalue weighted by Crippen LogP contribution is 2.29. The predicted octanol–water partition coefficient (Wildman–Crippen LogP) is 4.53. The fraction of sp³-hybridized carbons (Fsp3) is 0.300. The first-order chi connectivity index (χ1) is 12.6. The lowest BCUT2D eigenvalue weighted by Crippen LogP contribution is -2.27. The van der Waals surface area contributed by atoms with Gasteiger partial charge in [0.1, 0.15) is 5.75 Å². The molecule has 0 aliphatic carbocycles. The van der Waals surface area contributed by atoms with Gasteiger partial charge in [-0.3, -0.25) is 4.79 Å². The summed E-state index contributed by atoms with van der Waals surface area (Å²) in [6, 6.07) is 16.1. The highest BCUT2D eigenvalue weighted by Gasteiger charge is 2.07. The molecule has 0 spiro atoms. The second-order valence-corrected chi connectivity index (χ2v) is 8.40. The molecule has 0 radical (unpaired) electrons. The number of fused-ring (bicyclic) bond motifs is 1. The van der Waals surface area contributed by atoms with Gasteiger partial charge < -0.3 is 10.1 Å². The third-order valence-corrected chi connectivity index (χ3v) is 5.81. The van der Waals surface area contributed by atoms with E-state index in [-0.39, 0.29) is 12.0 Å². The number of amides is 1. The monoisotopic (exact) mass is 386 g/mol. The molecule has 0 bridgehead atoms. The zero-order valence-electron chi connectivity index (χ0n) is 14.9. The fourth-order valence-electron chi connectivity index (χ4n) is 2.44. The lowest BCUT2D eigenvalue weighted by molar-refractivity contribution is -0.118. The molecule has 0 aliphatic rings. The Morgan fingerprint density at radius 3 is 2.69 bits per heavy atom. The highest BCUT2D eigenvalue weighted by molar-refractivity contribution is 8.01. The van der Waals surface area contributed by atoms with Gasteiger partial charge in [0.25, 0.3) is 0 Å². The molecule has 1 amide bonds. The van der Waals surface area contributed by atoms with E-state index in [9.17, 15) is 4.79 Å². The molecule has 1 N–H and O–H groups in total. The molecule has 0 aliphatic heterocycles. The molecule has 136 valence electrons. The van der Waals surface area contributed by atoms with Crippen LogP contribution in [-0.4, -0.2) is 29.3 Å². The molecule has 26 heavy (non-hydrogen) atoms. The summed E-state index contributed by atoms with van der Waals surface area (Å²) in [6.45, 7) is 4.65. The molecule has 1 heterocycles. The average Bonchev–Trinajstić information content (AvgIpc) is 3.04. The Morgan fingerprint density at radius 2 is 1.96 bits per heavy atom. The number of nitrogens with one attached hydrogen (secondary N) is 1. The molecule has 0 saturated heterocycles. The third-order valence-electron chi connectivity index (χ3n) is 3.63. The zero-order valence-corrected chi connectivity index (χ0v) is 16.5. The molecule has 0 atom stereocenters. The van der Waals surface area contributed by atoms with Crippen molar-refractivity contribution in [2.24, 2.45) is 0 Å². The number of aromatic nitrogens is 1. The minimum atomic E-state index is 0.0361. The first kappa shape index (κ1) is 18.7. The van der Waals surface area contributed by atoms with Crippen LogP contribution in [0.5, 0.6) is 5.75 Å². The van der Waals surface area contributed by atoms with Crippen LogP contribution in [0.1, 0.15) is 19.4 Å². The number of thioether (sulfide) groups is 1. The van der Waals surface area contributed by atoms with Crippen molar-refractivity contribution in [2.45, 2.75) is 30.7 Å². The Hall–Kier alpha value is -2.05. The minimum Gasteiger partial charge on any atom is -0.491 e. The molecule has 1 aromatic heterocycles. The third kappa shape index (κ3) is 5.47. The van der Waals surface area contributed by atoms with Gasteiger partial charge in [-0.2, -0.15) is 0 Å². The number of rotatable bonds is 8. The number of ether oxygens (including phenoxy) is 1. The van der Waals surface area contributed by atoms with Crippen molar-refractivity contribution in [1.82, 2.24) is 10.3 Å². The molecule has 3 aromatic rings. The second-order valence-electron chi connectivity index (χ2n) is 6.15. The Labute approximate surface area is 162 Å². The summed E-state index contributed by atoms with van der Waals surface area (Å²) in [6.07, 6.45) is 0.979. The maximum atomic E-state index is 12.0. The van der Waals surface area contributed by atoms with Crippen molar-refractivity contribution >= 4 is 39.2 Å². The van der Waals surface area contributed by atoms with Crippen molar-refractivity contribution in [3.05, 3.63) is 54.1 Å². The quantitative estimate of drug-likeness (QED) is 0.578.